The smallest absolute Gasteiger partial charge is 0.410 e. The highest BCUT2D eigenvalue weighted by Gasteiger charge is 2.60. The number of hydrogen-bond donors (Lipinski definition) is 2. The van der Waals surface area contributed by atoms with E-state index in [0.29, 0.717) is 24.4 Å². The molecular weight excluding hydrogens is 448 g/mol. The quantitative estimate of drug-likeness (QED) is 0.428. The molecule has 0 radical (unpaired) electrons. The zero-order valence-electron chi connectivity index (χ0n) is 18.5. The SMILES string of the molecule is C=CCOC(=O)N1C[C@@H](SC2=C(C(=O)O)N3C(=O)[C@H]([C@@H](C)O)[C@H]3[C@H]2C)C[C@H]1Cn1ccnc1. The minimum absolute atomic E-state index is 0.00163. The number of carboxylic acids is 1. The number of imidazole rings is 1. The van der Waals surface area contributed by atoms with Gasteiger partial charge in [-0.1, -0.05) is 19.6 Å². The predicted octanol–water partition coefficient (Wildman–Crippen LogP) is 1.54. The molecule has 2 N–H and O–H groups in total. The van der Waals surface area contributed by atoms with Gasteiger partial charge in [0.2, 0.25) is 5.91 Å². The van der Waals surface area contributed by atoms with Gasteiger partial charge in [-0.2, -0.15) is 0 Å². The van der Waals surface area contributed by atoms with E-state index < -0.39 is 24.1 Å². The molecule has 3 aliphatic rings. The summed E-state index contributed by atoms with van der Waals surface area (Å²) in [6, 6.07) is -0.508. The Balaban J connectivity index is 1.55. The molecule has 2 saturated heterocycles. The van der Waals surface area contributed by atoms with Crippen molar-refractivity contribution in [3.63, 3.8) is 0 Å². The Kier molecular flexibility index (Phi) is 6.53. The molecule has 6 atom stereocenters. The van der Waals surface area contributed by atoms with Crippen LogP contribution in [-0.4, -0.2) is 84.1 Å². The van der Waals surface area contributed by atoms with Crippen molar-refractivity contribution >= 4 is 29.7 Å². The molecule has 0 aliphatic carbocycles. The Morgan fingerprint density at radius 3 is 2.82 bits per heavy atom. The molecule has 0 spiro atoms. The van der Waals surface area contributed by atoms with Gasteiger partial charge in [-0.15, -0.1) is 11.8 Å². The highest BCUT2D eigenvalue weighted by molar-refractivity contribution is 8.03. The van der Waals surface area contributed by atoms with Crippen LogP contribution in [-0.2, 0) is 20.9 Å². The van der Waals surface area contributed by atoms with E-state index in [2.05, 4.69) is 11.6 Å². The lowest BCUT2D eigenvalue weighted by Gasteiger charge is -2.46. The molecule has 3 aliphatic heterocycles. The van der Waals surface area contributed by atoms with Gasteiger partial charge in [-0.25, -0.2) is 14.6 Å². The Morgan fingerprint density at radius 2 is 2.21 bits per heavy atom. The lowest BCUT2D eigenvalue weighted by atomic mass is 9.79. The normalized spacial score (nSPS) is 29.7. The van der Waals surface area contributed by atoms with Gasteiger partial charge in [0, 0.05) is 41.6 Å². The first-order valence-corrected chi connectivity index (χ1v) is 11.8. The number of nitrogens with zero attached hydrogens (tertiary/aromatic N) is 4. The van der Waals surface area contributed by atoms with Gasteiger partial charge < -0.3 is 29.3 Å². The third-order valence-electron chi connectivity index (χ3n) is 6.52. The molecule has 0 aromatic carbocycles. The molecule has 11 heteroatoms. The summed E-state index contributed by atoms with van der Waals surface area (Å²) in [5.41, 5.74) is -0.00163. The zero-order valence-corrected chi connectivity index (χ0v) is 19.4. The van der Waals surface area contributed by atoms with Crippen molar-refractivity contribution < 1.29 is 29.3 Å². The van der Waals surface area contributed by atoms with Crippen molar-refractivity contribution in [2.75, 3.05) is 13.2 Å². The van der Waals surface area contributed by atoms with E-state index in [1.165, 1.54) is 22.7 Å². The van der Waals surface area contributed by atoms with Gasteiger partial charge in [-0.3, -0.25) is 4.79 Å². The van der Waals surface area contributed by atoms with Crippen LogP contribution in [0, 0.1) is 11.8 Å². The summed E-state index contributed by atoms with van der Waals surface area (Å²) in [5, 5.41) is 19.8. The largest absolute Gasteiger partial charge is 0.477 e. The molecular formula is C22H28N4O6S. The topological polar surface area (TPSA) is 125 Å². The van der Waals surface area contributed by atoms with E-state index in [1.54, 1.807) is 24.3 Å². The molecule has 33 heavy (non-hydrogen) atoms. The summed E-state index contributed by atoms with van der Waals surface area (Å²) in [7, 11) is 0. The number of likely N-dealkylation sites (tertiary alicyclic amines) is 1. The first-order chi connectivity index (χ1) is 15.7. The number of hydrogen-bond acceptors (Lipinski definition) is 7. The van der Waals surface area contributed by atoms with Crippen LogP contribution in [0.15, 0.2) is 42.0 Å². The summed E-state index contributed by atoms with van der Waals surface area (Å²) in [6.07, 6.45) is 6.04. The molecule has 4 heterocycles. The van der Waals surface area contributed by atoms with Crippen molar-refractivity contribution in [1.82, 2.24) is 19.4 Å². The fourth-order valence-corrected chi connectivity index (χ4v) is 6.63. The molecule has 1 aromatic heterocycles. The van der Waals surface area contributed by atoms with Crippen molar-refractivity contribution in [3.05, 3.63) is 42.0 Å². The van der Waals surface area contributed by atoms with E-state index >= 15 is 0 Å². The lowest BCUT2D eigenvalue weighted by molar-refractivity contribution is -0.163. The Morgan fingerprint density at radius 1 is 1.45 bits per heavy atom. The number of fused-ring (bicyclic) bond motifs is 1. The molecule has 1 aromatic rings. The highest BCUT2D eigenvalue weighted by atomic mass is 32.2. The molecule has 4 rings (SSSR count). The van der Waals surface area contributed by atoms with Crippen LogP contribution in [0.5, 0.6) is 0 Å². The summed E-state index contributed by atoms with van der Waals surface area (Å²) in [4.78, 5) is 45.0. The zero-order chi connectivity index (χ0) is 23.9. The monoisotopic (exact) mass is 476 g/mol. The van der Waals surface area contributed by atoms with Crippen LogP contribution in [0.4, 0.5) is 4.79 Å². The van der Waals surface area contributed by atoms with Crippen molar-refractivity contribution in [3.8, 4) is 0 Å². The number of aliphatic carboxylic acids is 1. The number of rotatable bonds is 8. The van der Waals surface area contributed by atoms with E-state index in [-0.39, 0.29) is 41.5 Å². The van der Waals surface area contributed by atoms with Crippen LogP contribution in [0.3, 0.4) is 0 Å². The summed E-state index contributed by atoms with van der Waals surface area (Å²) >= 11 is 1.41. The fraction of sp³-hybridized carbons (Fsp3) is 0.545. The van der Waals surface area contributed by atoms with E-state index in [1.807, 2.05) is 17.7 Å². The Bertz CT molecular complexity index is 978. The summed E-state index contributed by atoms with van der Waals surface area (Å²) in [6.45, 7) is 8.07. The maximum Gasteiger partial charge on any atom is 0.410 e. The number of aliphatic hydroxyl groups excluding tert-OH is 1. The standard InChI is InChI=1S/C22H28N4O6S/c1-4-7-32-22(31)25-10-15(8-14(25)9-24-6-5-23-11-24)33-19-12(2)17-16(13(3)27)20(28)26(17)18(19)21(29)30/h4-6,11-17,27H,1,7-10H2,2-3H3,(H,29,30)/t12-,13-,14+,15+,16-,17-/m1/s1. The van der Waals surface area contributed by atoms with Crippen LogP contribution >= 0.6 is 11.8 Å². The summed E-state index contributed by atoms with van der Waals surface area (Å²) in [5.74, 6) is -2.32. The van der Waals surface area contributed by atoms with Crippen molar-refractivity contribution in [2.24, 2.45) is 11.8 Å². The molecule has 0 unspecified atom stereocenters. The number of carboxylic acid groups (broad SMARTS) is 1. The predicted molar refractivity (Wildman–Crippen MR) is 120 cm³/mol. The Labute approximate surface area is 195 Å². The first kappa shape index (κ1) is 23.4. The van der Waals surface area contributed by atoms with Crippen LogP contribution < -0.4 is 0 Å². The van der Waals surface area contributed by atoms with Gasteiger partial charge in [0.25, 0.3) is 0 Å². The molecule has 2 fully saturated rings. The minimum atomic E-state index is -1.15. The number of aromatic nitrogens is 2. The second-order valence-electron chi connectivity index (χ2n) is 8.68. The van der Waals surface area contributed by atoms with Crippen LogP contribution in [0.2, 0.25) is 0 Å². The van der Waals surface area contributed by atoms with Gasteiger partial charge in [0.1, 0.15) is 12.3 Å². The Hall–Kier alpha value is -2.79. The second kappa shape index (κ2) is 9.22. The average Bonchev–Trinajstić information content (AvgIpc) is 3.46. The van der Waals surface area contributed by atoms with E-state index in [9.17, 15) is 24.6 Å². The number of carbonyl (C=O) groups is 3. The van der Waals surface area contributed by atoms with Gasteiger partial charge >= 0.3 is 12.1 Å². The second-order valence-corrected chi connectivity index (χ2v) is 10.0. The molecule has 10 nitrogen and oxygen atoms in total. The van der Waals surface area contributed by atoms with Crippen molar-refractivity contribution in [1.29, 1.82) is 0 Å². The first-order valence-electron chi connectivity index (χ1n) is 10.9. The number of carbonyl (C=O) groups excluding carboxylic acids is 2. The van der Waals surface area contributed by atoms with Gasteiger partial charge in [0.05, 0.1) is 30.4 Å². The van der Waals surface area contributed by atoms with Crippen LogP contribution in [0.25, 0.3) is 0 Å². The van der Waals surface area contributed by atoms with E-state index in [4.69, 9.17) is 4.74 Å². The van der Waals surface area contributed by atoms with Crippen molar-refractivity contribution in [2.45, 2.75) is 50.3 Å². The lowest BCUT2D eigenvalue weighted by Crippen LogP contribution is -2.63. The molecule has 2 amide bonds. The number of amides is 2. The van der Waals surface area contributed by atoms with E-state index in [0.717, 1.165) is 0 Å². The fourth-order valence-electron chi connectivity index (χ4n) is 5.07. The number of ether oxygens (including phenoxy) is 1. The molecule has 0 bridgehead atoms. The third-order valence-corrected chi connectivity index (χ3v) is 8.01. The van der Waals surface area contributed by atoms with Gasteiger partial charge in [-0.05, 0) is 13.3 Å². The number of β-lactam (4-membered cyclic amide) rings is 1. The third kappa shape index (κ3) is 4.15. The average molecular weight is 477 g/mol. The van der Waals surface area contributed by atoms with Crippen LogP contribution in [0.1, 0.15) is 20.3 Å². The molecule has 178 valence electrons. The number of thioether (sulfide) groups is 1. The maximum atomic E-state index is 12.7. The highest BCUT2D eigenvalue weighted by Crippen LogP contribution is 2.52. The minimum Gasteiger partial charge on any atom is -0.477 e. The summed E-state index contributed by atoms with van der Waals surface area (Å²) < 4.78 is 7.16. The maximum absolute atomic E-state index is 12.7. The van der Waals surface area contributed by atoms with Gasteiger partial charge in [0.15, 0.2) is 0 Å². The number of aliphatic hydroxyl groups is 1. The molecule has 0 saturated carbocycles.